The van der Waals surface area contributed by atoms with Gasteiger partial charge in [0.1, 0.15) is 17.5 Å². The summed E-state index contributed by atoms with van der Waals surface area (Å²) in [6, 6.07) is 8.22. The first-order chi connectivity index (χ1) is 11.1. The van der Waals surface area contributed by atoms with Gasteiger partial charge in [0, 0.05) is 0 Å². The standard InChI is InChI=1S/C20H29NO2/c1-5-16(3)20(4,6-2)22-15-17-7-9-18(10-8-17)23-19-11-13-21-14-12-19/h5-10,19,21H,2,11-15H2,1,3-4H3/b16-5+. The van der Waals surface area contributed by atoms with Gasteiger partial charge in [0.15, 0.2) is 0 Å². The van der Waals surface area contributed by atoms with Crippen LogP contribution in [0.4, 0.5) is 0 Å². The molecule has 0 aliphatic carbocycles. The summed E-state index contributed by atoms with van der Waals surface area (Å²) < 4.78 is 12.1. The van der Waals surface area contributed by atoms with Crippen molar-refractivity contribution >= 4 is 0 Å². The molecule has 126 valence electrons. The Labute approximate surface area is 140 Å². The predicted octanol–water partition coefficient (Wildman–Crippen LogP) is 4.24. The van der Waals surface area contributed by atoms with Gasteiger partial charge in [-0.2, -0.15) is 0 Å². The Bertz CT molecular complexity index is 529. The summed E-state index contributed by atoms with van der Waals surface area (Å²) in [6.45, 7) is 12.7. The van der Waals surface area contributed by atoms with Crippen molar-refractivity contribution in [1.82, 2.24) is 5.32 Å². The molecular formula is C20H29NO2. The van der Waals surface area contributed by atoms with Crippen molar-refractivity contribution < 1.29 is 9.47 Å². The summed E-state index contributed by atoms with van der Waals surface area (Å²) >= 11 is 0. The number of nitrogens with one attached hydrogen (secondary N) is 1. The highest BCUT2D eigenvalue weighted by atomic mass is 16.5. The molecule has 1 N–H and O–H groups in total. The Hall–Kier alpha value is -1.58. The van der Waals surface area contributed by atoms with Crippen LogP contribution in [-0.2, 0) is 11.3 Å². The third kappa shape index (κ3) is 4.95. The number of allylic oxidation sites excluding steroid dienone is 1. The van der Waals surface area contributed by atoms with Crippen molar-refractivity contribution in [1.29, 1.82) is 0 Å². The minimum absolute atomic E-state index is 0.333. The van der Waals surface area contributed by atoms with E-state index in [0.29, 0.717) is 12.7 Å². The highest BCUT2D eigenvalue weighted by molar-refractivity contribution is 5.28. The molecule has 3 nitrogen and oxygen atoms in total. The second-order valence-electron chi connectivity index (χ2n) is 6.28. The maximum atomic E-state index is 6.07. The second kappa shape index (κ2) is 8.32. The first kappa shape index (κ1) is 17.8. The van der Waals surface area contributed by atoms with E-state index >= 15 is 0 Å². The molecule has 1 aliphatic rings. The lowest BCUT2D eigenvalue weighted by Gasteiger charge is -2.27. The van der Waals surface area contributed by atoms with Crippen LogP contribution in [0.2, 0.25) is 0 Å². The zero-order valence-corrected chi connectivity index (χ0v) is 14.6. The highest BCUT2D eigenvalue weighted by Crippen LogP contribution is 2.25. The molecule has 1 atom stereocenters. The van der Waals surface area contributed by atoms with Crippen LogP contribution in [0.1, 0.15) is 39.2 Å². The van der Waals surface area contributed by atoms with Crippen molar-refractivity contribution in [3.8, 4) is 5.75 Å². The van der Waals surface area contributed by atoms with E-state index < -0.39 is 5.60 Å². The van der Waals surface area contributed by atoms with E-state index in [0.717, 1.165) is 37.2 Å². The Morgan fingerprint density at radius 1 is 1.30 bits per heavy atom. The van der Waals surface area contributed by atoms with Crippen LogP contribution in [-0.4, -0.2) is 24.8 Å². The molecule has 23 heavy (non-hydrogen) atoms. The van der Waals surface area contributed by atoms with Gasteiger partial charge in [-0.15, -0.1) is 0 Å². The van der Waals surface area contributed by atoms with E-state index in [4.69, 9.17) is 9.47 Å². The zero-order chi connectivity index (χ0) is 16.7. The lowest BCUT2D eigenvalue weighted by atomic mass is 9.97. The number of benzene rings is 1. The molecule has 0 aromatic heterocycles. The largest absolute Gasteiger partial charge is 0.490 e. The summed E-state index contributed by atoms with van der Waals surface area (Å²) in [5.41, 5.74) is 1.89. The Morgan fingerprint density at radius 2 is 1.96 bits per heavy atom. The van der Waals surface area contributed by atoms with Gasteiger partial charge in [0.05, 0.1) is 6.61 Å². The van der Waals surface area contributed by atoms with E-state index in [1.54, 1.807) is 0 Å². The summed E-state index contributed by atoms with van der Waals surface area (Å²) in [7, 11) is 0. The highest BCUT2D eigenvalue weighted by Gasteiger charge is 2.22. The molecule has 1 heterocycles. The van der Waals surface area contributed by atoms with Gasteiger partial charge in [0.25, 0.3) is 0 Å². The molecule has 2 rings (SSSR count). The predicted molar refractivity (Wildman–Crippen MR) is 95.8 cm³/mol. The van der Waals surface area contributed by atoms with Crippen LogP contribution in [0.5, 0.6) is 5.75 Å². The van der Waals surface area contributed by atoms with Gasteiger partial charge < -0.3 is 14.8 Å². The van der Waals surface area contributed by atoms with Crippen molar-refractivity contribution in [2.24, 2.45) is 0 Å². The summed E-state index contributed by atoms with van der Waals surface area (Å²) in [5.74, 6) is 0.941. The van der Waals surface area contributed by atoms with Crippen LogP contribution in [0.25, 0.3) is 0 Å². The van der Waals surface area contributed by atoms with Crippen molar-refractivity contribution in [3.05, 3.63) is 54.1 Å². The maximum absolute atomic E-state index is 6.07. The third-order valence-corrected chi connectivity index (χ3v) is 4.66. The van der Waals surface area contributed by atoms with E-state index in [1.165, 1.54) is 5.57 Å². The Balaban J connectivity index is 1.90. The van der Waals surface area contributed by atoms with Gasteiger partial charge in [-0.1, -0.05) is 30.9 Å². The van der Waals surface area contributed by atoms with Gasteiger partial charge >= 0.3 is 0 Å². The molecular weight excluding hydrogens is 286 g/mol. The average Bonchev–Trinajstić information content (AvgIpc) is 2.61. The maximum Gasteiger partial charge on any atom is 0.119 e. The number of piperidine rings is 1. The summed E-state index contributed by atoms with van der Waals surface area (Å²) in [6.07, 6.45) is 6.41. The van der Waals surface area contributed by atoms with Crippen molar-refractivity contribution in [2.75, 3.05) is 13.1 Å². The average molecular weight is 315 g/mol. The topological polar surface area (TPSA) is 30.5 Å². The van der Waals surface area contributed by atoms with Gasteiger partial charge in [-0.05, 0) is 70.0 Å². The molecule has 0 saturated carbocycles. The molecule has 0 spiro atoms. The number of hydrogen-bond donors (Lipinski definition) is 1. The molecule has 1 aromatic rings. The smallest absolute Gasteiger partial charge is 0.119 e. The summed E-state index contributed by atoms with van der Waals surface area (Å²) in [4.78, 5) is 0. The fraction of sp³-hybridized carbons (Fsp3) is 0.500. The zero-order valence-electron chi connectivity index (χ0n) is 14.6. The SMILES string of the molecule is C=CC(C)(OCc1ccc(OC2CCNCC2)cc1)/C(C)=C/C. The Morgan fingerprint density at radius 3 is 2.52 bits per heavy atom. The Kier molecular flexibility index (Phi) is 6.43. The van der Waals surface area contributed by atoms with Crippen LogP contribution < -0.4 is 10.1 Å². The van der Waals surface area contributed by atoms with Crippen molar-refractivity contribution in [3.63, 3.8) is 0 Å². The molecule has 1 aliphatic heterocycles. The van der Waals surface area contributed by atoms with E-state index in [2.05, 4.69) is 37.0 Å². The monoisotopic (exact) mass is 315 g/mol. The molecule has 0 bridgehead atoms. The lowest BCUT2D eigenvalue weighted by molar-refractivity contribution is 0.0201. The number of hydrogen-bond acceptors (Lipinski definition) is 3. The molecule has 1 fully saturated rings. The van der Waals surface area contributed by atoms with Crippen LogP contribution in [0.3, 0.4) is 0 Å². The van der Waals surface area contributed by atoms with Crippen molar-refractivity contribution in [2.45, 2.75) is 51.9 Å². The summed E-state index contributed by atoms with van der Waals surface area (Å²) in [5, 5.41) is 3.35. The third-order valence-electron chi connectivity index (χ3n) is 4.66. The van der Waals surface area contributed by atoms with E-state index in [-0.39, 0.29) is 0 Å². The fourth-order valence-electron chi connectivity index (χ4n) is 2.62. The fourth-order valence-corrected chi connectivity index (χ4v) is 2.62. The lowest BCUT2D eigenvalue weighted by Crippen LogP contribution is -2.34. The minimum Gasteiger partial charge on any atom is -0.490 e. The van der Waals surface area contributed by atoms with E-state index in [9.17, 15) is 0 Å². The number of rotatable bonds is 7. The molecule has 1 unspecified atom stereocenters. The first-order valence-electron chi connectivity index (χ1n) is 8.44. The normalized spacial score (nSPS) is 19.2. The molecule has 1 saturated heterocycles. The second-order valence-corrected chi connectivity index (χ2v) is 6.28. The molecule has 1 aromatic carbocycles. The van der Waals surface area contributed by atoms with Crippen LogP contribution in [0.15, 0.2) is 48.6 Å². The number of ether oxygens (including phenoxy) is 2. The quantitative estimate of drug-likeness (QED) is 0.763. The van der Waals surface area contributed by atoms with Gasteiger partial charge in [0.2, 0.25) is 0 Å². The molecule has 3 heteroatoms. The van der Waals surface area contributed by atoms with Crippen LogP contribution in [0, 0.1) is 0 Å². The molecule has 0 radical (unpaired) electrons. The van der Waals surface area contributed by atoms with E-state index in [1.807, 2.05) is 32.1 Å². The van der Waals surface area contributed by atoms with Gasteiger partial charge in [-0.3, -0.25) is 0 Å². The van der Waals surface area contributed by atoms with Gasteiger partial charge in [-0.25, -0.2) is 0 Å². The molecule has 0 amide bonds. The minimum atomic E-state index is -0.418. The first-order valence-corrected chi connectivity index (χ1v) is 8.44. The van der Waals surface area contributed by atoms with Crippen LogP contribution >= 0.6 is 0 Å².